The molecule has 4 N–H and O–H groups in total. The third-order valence-corrected chi connectivity index (χ3v) is 3.40. The quantitative estimate of drug-likeness (QED) is 0.736. The summed E-state index contributed by atoms with van der Waals surface area (Å²) in [6.07, 6.45) is -1.42. The molecule has 5 heteroatoms. The summed E-state index contributed by atoms with van der Waals surface area (Å²) >= 11 is 6.19. The van der Waals surface area contributed by atoms with Gasteiger partial charge < -0.3 is 20.8 Å². The molecule has 0 radical (unpaired) electrons. The average Bonchev–Trinajstić information content (AvgIpc) is 2.58. The van der Waals surface area contributed by atoms with Gasteiger partial charge in [0.2, 0.25) is 0 Å². The smallest absolute Gasteiger partial charge is 0.0990 e. The Morgan fingerprint density at radius 2 is 1.94 bits per heavy atom. The van der Waals surface area contributed by atoms with Gasteiger partial charge in [-0.3, -0.25) is 0 Å². The Morgan fingerprint density at radius 1 is 1.35 bits per heavy atom. The van der Waals surface area contributed by atoms with Gasteiger partial charge in [-0.05, 0) is 24.6 Å². The second-order valence-electron chi connectivity index (χ2n) is 4.54. The van der Waals surface area contributed by atoms with E-state index in [2.05, 4.69) is 0 Å². The van der Waals surface area contributed by atoms with Gasteiger partial charge in [-0.25, -0.2) is 0 Å². The molecule has 0 bridgehead atoms. The maximum absolute atomic E-state index is 9.51. The van der Waals surface area contributed by atoms with Gasteiger partial charge in [0.05, 0.1) is 22.9 Å². The van der Waals surface area contributed by atoms with Crippen molar-refractivity contribution in [3.05, 3.63) is 28.8 Å². The zero-order valence-electron chi connectivity index (χ0n) is 9.68. The van der Waals surface area contributed by atoms with Crippen LogP contribution in [0.15, 0.2) is 18.2 Å². The normalized spacial score (nSPS) is 26.3. The highest BCUT2D eigenvalue weighted by atomic mass is 35.5. The van der Waals surface area contributed by atoms with Crippen LogP contribution in [-0.4, -0.2) is 35.5 Å². The van der Waals surface area contributed by atoms with Crippen molar-refractivity contribution in [2.75, 3.05) is 18.0 Å². The molecule has 1 aliphatic rings. The molecule has 2 unspecified atom stereocenters. The van der Waals surface area contributed by atoms with Gasteiger partial charge in [-0.15, -0.1) is 0 Å². The molecule has 1 saturated heterocycles. The van der Waals surface area contributed by atoms with Gasteiger partial charge >= 0.3 is 0 Å². The summed E-state index contributed by atoms with van der Waals surface area (Å²) in [5, 5.41) is 19.6. The molecule has 0 aliphatic carbocycles. The van der Waals surface area contributed by atoms with Gasteiger partial charge in [0.1, 0.15) is 0 Å². The number of halogens is 1. The lowest BCUT2D eigenvalue weighted by Crippen LogP contribution is -2.22. The Labute approximate surface area is 106 Å². The van der Waals surface area contributed by atoms with Crippen LogP contribution in [-0.2, 0) is 0 Å². The topological polar surface area (TPSA) is 69.7 Å². The number of aliphatic hydroxyl groups excluding tert-OH is 2. The summed E-state index contributed by atoms with van der Waals surface area (Å²) in [6, 6.07) is 5.57. The molecule has 1 heterocycles. The van der Waals surface area contributed by atoms with E-state index in [4.69, 9.17) is 17.3 Å². The Hall–Kier alpha value is -0.810. The first-order valence-electron chi connectivity index (χ1n) is 5.65. The molecule has 0 saturated carbocycles. The third kappa shape index (κ3) is 2.55. The van der Waals surface area contributed by atoms with Crippen LogP contribution in [0, 0.1) is 0 Å². The van der Waals surface area contributed by atoms with E-state index < -0.39 is 12.2 Å². The molecule has 2 rings (SSSR count). The van der Waals surface area contributed by atoms with Crippen LogP contribution in [0.3, 0.4) is 0 Å². The van der Waals surface area contributed by atoms with Crippen LogP contribution in [0.25, 0.3) is 0 Å². The van der Waals surface area contributed by atoms with Crippen molar-refractivity contribution in [1.29, 1.82) is 0 Å². The summed E-state index contributed by atoms with van der Waals surface area (Å²) in [4.78, 5) is 1.88. The molecule has 4 nitrogen and oxygen atoms in total. The van der Waals surface area contributed by atoms with Crippen LogP contribution in [0.2, 0.25) is 5.02 Å². The lowest BCUT2D eigenvalue weighted by Gasteiger charge is -2.20. The number of β-amino-alcohol motifs (C(OH)–C–C–N with tert-alkyl or cyclic N) is 2. The summed E-state index contributed by atoms with van der Waals surface area (Å²) < 4.78 is 0. The summed E-state index contributed by atoms with van der Waals surface area (Å²) in [5.74, 6) is 0. The second kappa shape index (κ2) is 4.82. The summed E-state index contributed by atoms with van der Waals surface area (Å²) in [6.45, 7) is 2.70. The highest BCUT2D eigenvalue weighted by molar-refractivity contribution is 6.33. The molecule has 0 amide bonds. The lowest BCUT2D eigenvalue weighted by atomic mass is 10.1. The van der Waals surface area contributed by atoms with Gasteiger partial charge in [-0.1, -0.05) is 17.7 Å². The number of nitrogens with two attached hydrogens (primary N) is 1. The zero-order valence-corrected chi connectivity index (χ0v) is 10.4. The van der Waals surface area contributed by atoms with Gasteiger partial charge in [0.15, 0.2) is 0 Å². The van der Waals surface area contributed by atoms with Gasteiger partial charge in [0, 0.05) is 19.1 Å². The Morgan fingerprint density at radius 3 is 2.41 bits per heavy atom. The van der Waals surface area contributed by atoms with Crippen molar-refractivity contribution in [2.24, 2.45) is 5.73 Å². The Balaban J connectivity index is 2.23. The monoisotopic (exact) mass is 256 g/mol. The van der Waals surface area contributed by atoms with Crippen molar-refractivity contribution in [3.63, 3.8) is 0 Å². The van der Waals surface area contributed by atoms with E-state index in [0.29, 0.717) is 18.1 Å². The standard InChI is InChI=1S/C12H17ClN2O2/c1-7(14)8-2-3-10(9(13)4-8)15-5-11(16)12(17)6-15/h2-4,7,11-12,16-17H,5-6,14H2,1H3/t7-,11?,12?/m0/s1. The van der Waals surface area contributed by atoms with E-state index in [1.54, 1.807) is 0 Å². The number of aliphatic hydroxyl groups is 2. The first-order valence-corrected chi connectivity index (χ1v) is 6.03. The highest BCUT2D eigenvalue weighted by Crippen LogP contribution is 2.30. The minimum absolute atomic E-state index is 0.0590. The predicted octanol–water partition coefficient (Wildman–Crippen LogP) is 0.902. The van der Waals surface area contributed by atoms with Crippen LogP contribution >= 0.6 is 11.6 Å². The first-order chi connectivity index (χ1) is 7.99. The fourth-order valence-electron chi connectivity index (χ4n) is 2.03. The van der Waals surface area contributed by atoms with Crippen molar-refractivity contribution < 1.29 is 10.2 Å². The molecule has 1 aliphatic heterocycles. The maximum Gasteiger partial charge on any atom is 0.0990 e. The van der Waals surface area contributed by atoms with Crippen molar-refractivity contribution >= 4 is 17.3 Å². The lowest BCUT2D eigenvalue weighted by molar-refractivity contribution is 0.0572. The number of hydrogen-bond donors (Lipinski definition) is 3. The molecule has 1 aromatic carbocycles. The SMILES string of the molecule is C[C@H](N)c1ccc(N2CC(O)C(O)C2)c(Cl)c1. The fourth-order valence-corrected chi connectivity index (χ4v) is 2.34. The maximum atomic E-state index is 9.51. The Kier molecular flexibility index (Phi) is 3.58. The highest BCUT2D eigenvalue weighted by Gasteiger charge is 2.30. The largest absolute Gasteiger partial charge is 0.389 e. The minimum Gasteiger partial charge on any atom is -0.389 e. The molecule has 1 aromatic rings. The summed E-state index contributed by atoms with van der Waals surface area (Å²) in [5.41, 5.74) is 7.57. The fraction of sp³-hybridized carbons (Fsp3) is 0.500. The van der Waals surface area contributed by atoms with Crippen LogP contribution < -0.4 is 10.6 Å². The van der Waals surface area contributed by atoms with Crippen molar-refractivity contribution in [1.82, 2.24) is 0 Å². The molecular formula is C12H17ClN2O2. The van der Waals surface area contributed by atoms with E-state index in [-0.39, 0.29) is 6.04 Å². The van der Waals surface area contributed by atoms with Gasteiger partial charge in [0.25, 0.3) is 0 Å². The summed E-state index contributed by atoms with van der Waals surface area (Å²) in [7, 11) is 0. The first kappa shape index (κ1) is 12.6. The molecule has 3 atom stereocenters. The van der Waals surface area contributed by atoms with Crippen LogP contribution in [0.1, 0.15) is 18.5 Å². The molecule has 0 spiro atoms. The molecule has 17 heavy (non-hydrogen) atoms. The van der Waals surface area contributed by atoms with E-state index in [1.807, 2.05) is 30.0 Å². The number of nitrogens with zero attached hydrogens (tertiary/aromatic N) is 1. The zero-order chi connectivity index (χ0) is 12.6. The number of hydrogen-bond acceptors (Lipinski definition) is 4. The number of benzene rings is 1. The van der Waals surface area contributed by atoms with E-state index >= 15 is 0 Å². The van der Waals surface area contributed by atoms with Crippen LogP contribution in [0.4, 0.5) is 5.69 Å². The van der Waals surface area contributed by atoms with E-state index in [1.165, 1.54) is 0 Å². The van der Waals surface area contributed by atoms with Crippen LogP contribution in [0.5, 0.6) is 0 Å². The predicted molar refractivity (Wildman–Crippen MR) is 68.3 cm³/mol. The Bertz CT molecular complexity index is 401. The van der Waals surface area contributed by atoms with E-state index in [9.17, 15) is 10.2 Å². The average molecular weight is 257 g/mol. The number of anilines is 1. The van der Waals surface area contributed by atoms with Crippen molar-refractivity contribution in [3.8, 4) is 0 Å². The molecule has 1 fully saturated rings. The number of rotatable bonds is 2. The van der Waals surface area contributed by atoms with E-state index in [0.717, 1.165) is 11.3 Å². The molecule has 94 valence electrons. The molecular weight excluding hydrogens is 240 g/mol. The third-order valence-electron chi connectivity index (χ3n) is 3.10. The van der Waals surface area contributed by atoms with Crippen molar-refractivity contribution in [2.45, 2.75) is 25.2 Å². The van der Waals surface area contributed by atoms with Gasteiger partial charge in [-0.2, -0.15) is 0 Å². The second-order valence-corrected chi connectivity index (χ2v) is 4.95. The molecule has 0 aromatic heterocycles. The minimum atomic E-state index is -0.709.